The monoisotopic (exact) mass is 134 g/mol. The maximum Gasteiger partial charge on any atom is 0.0850 e. The first kappa shape index (κ1) is 8.88. The molecule has 0 saturated heterocycles. The van der Waals surface area contributed by atoms with E-state index in [1.807, 2.05) is 0 Å². The summed E-state index contributed by atoms with van der Waals surface area (Å²) in [6.07, 6.45) is 0.980. The van der Waals surface area contributed by atoms with Gasteiger partial charge in [0.1, 0.15) is 0 Å². The predicted molar refractivity (Wildman–Crippen MR) is 34.0 cm³/mol. The minimum absolute atomic E-state index is 0.0656. The summed E-state index contributed by atoms with van der Waals surface area (Å²) in [5.41, 5.74) is -1.01. The van der Waals surface area contributed by atoms with Crippen molar-refractivity contribution >= 4 is 0 Å². The second-order valence-corrected chi connectivity index (χ2v) is 2.48. The molecule has 0 amide bonds. The normalized spacial score (nSPS) is 17.3. The van der Waals surface area contributed by atoms with Gasteiger partial charge in [0.15, 0.2) is 0 Å². The fourth-order valence-electron chi connectivity index (χ4n) is 0.539. The van der Waals surface area contributed by atoms with Crippen molar-refractivity contribution in [1.82, 2.24) is 0 Å². The van der Waals surface area contributed by atoms with Crippen molar-refractivity contribution in [3.63, 3.8) is 0 Å². The number of hydrogen-bond donors (Lipinski definition) is 3. The van der Waals surface area contributed by atoms with Crippen LogP contribution in [0.4, 0.5) is 0 Å². The minimum atomic E-state index is -1.01. The standard InChI is InChI=1S/C6H14O3/c1-6(9,5-8)3-2-4-7/h7-9H,2-5H2,1H3/t6-/m1/s1. The fraction of sp³-hybridized carbons (Fsp3) is 1.00. The topological polar surface area (TPSA) is 60.7 Å². The molecule has 0 aliphatic carbocycles. The Morgan fingerprint density at radius 1 is 1.33 bits per heavy atom. The van der Waals surface area contributed by atoms with Crippen LogP contribution in [0.15, 0.2) is 0 Å². The molecule has 0 aliphatic heterocycles. The van der Waals surface area contributed by atoms with Crippen LogP contribution in [0.25, 0.3) is 0 Å². The lowest BCUT2D eigenvalue weighted by atomic mass is 10.0. The third-order valence-electron chi connectivity index (χ3n) is 1.21. The van der Waals surface area contributed by atoms with Gasteiger partial charge in [-0.2, -0.15) is 0 Å². The summed E-state index contributed by atoms with van der Waals surface area (Å²) in [6, 6.07) is 0. The van der Waals surface area contributed by atoms with Gasteiger partial charge in [0, 0.05) is 6.61 Å². The third kappa shape index (κ3) is 4.39. The number of rotatable bonds is 4. The Balaban J connectivity index is 3.33. The minimum Gasteiger partial charge on any atom is -0.396 e. The van der Waals surface area contributed by atoms with Crippen LogP contribution in [0.1, 0.15) is 19.8 Å². The van der Waals surface area contributed by atoms with Gasteiger partial charge in [-0.25, -0.2) is 0 Å². The lowest BCUT2D eigenvalue weighted by Gasteiger charge is -2.18. The van der Waals surface area contributed by atoms with Crippen LogP contribution < -0.4 is 0 Å². The molecule has 56 valence electrons. The quantitative estimate of drug-likeness (QED) is 0.486. The molecule has 0 aliphatic rings. The van der Waals surface area contributed by atoms with Gasteiger partial charge in [-0.3, -0.25) is 0 Å². The predicted octanol–water partition coefficient (Wildman–Crippen LogP) is -0.498. The molecule has 0 aromatic heterocycles. The summed E-state index contributed by atoms with van der Waals surface area (Å²) in [5, 5.41) is 25.9. The van der Waals surface area contributed by atoms with Gasteiger partial charge in [0.05, 0.1) is 12.2 Å². The molecule has 0 bridgehead atoms. The Bertz CT molecular complexity index is 70.7. The van der Waals surface area contributed by atoms with E-state index in [2.05, 4.69) is 0 Å². The molecule has 0 aromatic carbocycles. The van der Waals surface area contributed by atoms with E-state index in [-0.39, 0.29) is 13.2 Å². The van der Waals surface area contributed by atoms with Gasteiger partial charge < -0.3 is 15.3 Å². The highest BCUT2D eigenvalue weighted by Gasteiger charge is 2.17. The fourth-order valence-corrected chi connectivity index (χ4v) is 0.539. The Hall–Kier alpha value is -0.120. The molecule has 0 rings (SSSR count). The average molecular weight is 134 g/mol. The summed E-state index contributed by atoms with van der Waals surface area (Å²) in [6.45, 7) is 1.37. The van der Waals surface area contributed by atoms with E-state index >= 15 is 0 Å². The second kappa shape index (κ2) is 3.82. The van der Waals surface area contributed by atoms with Crippen LogP contribution in [0, 0.1) is 0 Å². The highest BCUT2D eigenvalue weighted by molar-refractivity contribution is 4.69. The van der Waals surface area contributed by atoms with E-state index in [0.29, 0.717) is 12.8 Å². The Morgan fingerprint density at radius 3 is 2.22 bits per heavy atom. The molecular formula is C6H14O3. The van der Waals surface area contributed by atoms with Gasteiger partial charge in [-0.05, 0) is 19.8 Å². The molecule has 0 spiro atoms. The molecule has 0 aromatic rings. The van der Waals surface area contributed by atoms with E-state index in [9.17, 15) is 0 Å². The maximum absolute atomic E-state index is 9.09. The third-order valence-corrected chi connectivity index (χ3v) is 1.21. The molecule has 3 N–H and O–H groups in total. The highest BCUT2D eigenvalue weighted by atomic mass is 16.3. The molecule has 0 heterocycles. The molecule has 0 radical (unpaired) electrons. The molecule has 0 saturated carbocycles. The van der Waals surface area contributed by atoms with E-state index in [0.717, 1.165) is 0 Å². The second-order valence-electron chi connectivity index (χ2n) is 2.48. The van der Waals surface area contributed by atoms with Gasteiger partial charge >= 0.3 is 0 Å². The lowest BCUT2D eigenvalue weighted by Crippen LogP contribution is -2.28. The van der Waals surface area contributed by atoms with Gasteiger partial charge in [-0.15, -0.1) is 0 Å². The first-order chi connectivity index (χ1) is 4.12. The van der Waals surface area contributed by atoms with Crippen LogP contribution in [0.2, 0.25) is 0 Å². The molecule has 3 heteroatoms. The number of hydrogen-bond acceptors (Lipinski definition) is 3. The van der Waals surface area contributed by atoms with E-state index in [4.69, 9.17) is 15.3 Å². The summed E-state index contributed by atoms with van der Waals surface area (Å²) in [4.78, 5) is 0. The SMILES string of the molecule is C[C@](O)(CO)CCCO. The van der Waals surface area contributed by atoms with Crippen molar-refractivity contribution in [2.45, 2.75) is 25.4 Å². The van der Waals surface area contributed by atoms with Gasteiger partial charge in [-0.1, -0.05) is 0 Å². The largest absolute Gasteiger partial charge is 0.396 e. The van der Waals surface area contributed by atoms with Crippen molar-refractivity contribution in [2.24, 2.45) is 0 Å². The van der Waals surface area contributed by atoms with Crippen molar-refractivity contribution < 1.29 is 15.3 Å². The van der Waals surface area contributed by atoms with Crippen molar-refractivity contribution in [3.8, 4) is 0 Å². The van der Waals surface area contributed by atoms with Crippen LogP contribution in [0.5, 0.6) is 0 Å². The van der Waals surface area contributed by atoms with Crippen LogP contribution in [0.3, 0.4) is 0 Å². The highest BCUT2D eigenvalue weighted by Crippen LogP contribution is 2.09. The van der Waals surface area contributed by atoms with Crippen molar-refractivity contribution in [2.75, 3.05) is 13.2 Å². The molecular weight excluding hydrogens is 120 g/mol. The zero-order chi connectivity index (χ0) is 7.33. The number of aliphatic hydroxyl groups excluding tert-OH is 2. The van der Waals surface area contributed by atoms with Crippen molar-refractivity contribution in [3.05, 3.63) is 0 Å². The average Bonchev–Trinajstić information content (AvgIpc) is 1.84. The van der Waals surface area contributed by atoms with Crippen LogP contribution in [-0.4, -0.2) is 34.1 Å². The number of aliphatic hydroxyl groups is 3. The molecule has 1 atom stereocenters. The summed E-state index contributed by atoms with van der Waals surface area (Å²) >= 11 is 0. The zero-order valence-electron chi connectivity index (χ0n) is 5.67. The Kier molecular flexibility index (Phi) is 3.77. The van der Waals surface area contributed by atoms with Gasteiger partial charge in [0.2, 0.25) is 0 Å². The molecule has 9 heavy (non-hydrogen) atoms. The summed E-state index contributed by atoms with van der Waals surface area (Å²) < 4.78 is 0. The Labute approximate surface area is 54.9 Å². The van der Waals surface area contributed by atoms with Crippen LogP contribution >= 0.6 is 0 Å². The summed E-state index contributed by atoms with van der Waals surface area (Å²) in [7, 11) is 0. The zero-order valence-corrected chi connectivity index (χ0v) is 5.67. The van der Waals surface area contributed by atoms with E-state index < -0.39 is 5.60 Å². The van der Waals surface area contributed by atoms with E-state index in [1.54, 1.807) is 6.92 Å². The Morgan fingerprint density at radius 2 is 1.89 bits per heavy atom. The van der Waals surface area contributed by atoms with Crippen LogP contribution in [-0.2, 0) is 0 Å². The first-order valence-corrected chi connectivity index (χ1v) is 3.06. The smallest absolute Gasteiger partial charge is 0.0850 e. The summed E-state index contributed by atoms with van der Waals surface area (Å²) in [5.74, 6) is 0. The van der Waals surface area contributed by atoms with Gasteiger partial charge in [0.25, 0.3) is 0 Å². The van der Waals surface area contributed by atoms with Crippen molar-refractivity contribution in [1.29, 1.82) is 0 Å². The molecule has 0 fully saturated rings. The lowest BCUT2D eigenvalue weighted by molar-refractivity contribution is -0.00942. The maximum atomic E-state index is 9.09. The molecule has 0 unspecified atom stereocenters. The molecule has 3 nitrogen and oxygen atoms in total. The first-order valence-electron chi connectivity index (χ1n) is 3.06. The van der Waals surface area contributed by atoms with E-state index in [1.165, 1.54) is 0 Å².